The van der Waals surface area contributed by atoms with Crippen molar-refractivity contribution in [2.45, 2.75) is 13.0 Å². The molecule has 0 aromatic heterocycles. The van der Waals surface area contributed by atoms with Crippen molar-refractivity contribution in [2.75, 3.05) is 0 Å². The van der Waals surface area contributed by atoms with E-state index in [0.29, 0.717) is 15.1 Å². The summed E-state index contributed by atoms with van der Waals surface area (Å²) in [5, 5.41) is 0.440. The van der Waals surface area contributed by atoms with Crippen molar-refractivity contribution in [3.8, 4) is 0 Å². The first-order valence-electron chi connectivity index (χ1n) is 5.56. The number of rotatable bonds is 2. The zero-order chi connectivity index (χ0) is 14.2. The Morgan fingerprint density at radius 1 is 1.11 bits per heavy atom. The van der Waals surface area contributed by atoms with Crippen LogP contribution in [0.2, 0.25) is 5.02 Å². The van der Waals surface area contributed by atoms with Gasteiger partial charge >= 0.3 is 0 Å². The second-order valence-electron chi connectivity index (χ2n) is 4.29. The molecule has 1 unspecified atom stereocenters. The van der Waals surface area contributed by atoms with Gasteiger partial charge in [-0.3, -0.25) is 0 Å². The Morgan fingerprint density at radius 3 is 2.42 bits per heavy atom. The van der Waals surface area contributed by atoms with E-state index in [1.165, 1.54) is 6.07 Å². The van der Waals surface area contributed by atoms with E-state index in [1.807, 2.05) is 25.1 Å². The Kier molecular flexibility index (Phi) is 4.66. The third-order valence-electron chi connectivity index (χ3n) is 2.87. The average Bonchev–Trinajstić information content (AvgIpc) is 2.33. The van der Waals surface area contributed by atoms with E-state index in [-0.39, 0.29) is 5.82 Å². The summed E-state index contributed by atoms with van der Waals surface area (Å²) in [5.74, 6) is -0.378. The topological polar surface area (TPSA) is 26.0 Å². The van der Waals surface area contributed by atoms with E-state index in [9.17, 15) is 4.39 Å². The molecule has 19 heavy (non-hydrogen) atoms. The quantitative estimate of drug-likeness (QED) is 0.667. The van der Waals surface area contributed by atoms with Gasteiger partial charge in [0.1, 0.15) is 5.82 Å². The van der Waals surface area contributed by atoms with Crippen LogP contribution in [0.1, 0.15) is 22.7 Å². The average molecular weight is 408 g/mol. The van der Waals surface area contributed by atoms with E-state index in [1.54, 1.807) is 6.07 Å². The highest BCUT2D eigenvalue weighted by Crippen LogP contribution is 2.33. The monoisotopic (exact) mass is 405 g/mol. The van der Waals surface area contributed by atoms with Gasteiger partial charge < -0.3 is 5.73 Å². The molecule has 0 heterocycles. The zero-order valence-electron chi connectivity index (χ0n) is 10.1. The number of halogens is 4. The summed E-state index contributed by atoms with van der Waals surface area (Å²) in [6.07, 6.45) is 0. The van der Waals surface area contributed by atoms with Crippen molar-refractivity contribution in [1.82, 2.24) is 0 Å². The van der Waals surface area contributed by atoms with Crippen molar-refractivity contribution in [3.05, 3.63) is 66.8 Å². The molecule has 0 aliphatic carbocycles. The first kappa shape index (κ1) is 15.0. The van der Waals surface area contributed by atoms with Crippen molar-refractivity contribution in [2.24, 2.45) is 5.73 Å². The molecule has 0 aliphatic heterocycles. The normalized spacial score (nSPS) is 12.5. The highest BCUT2D eigenvalue weighted by atomic mass is 79.9. The van der Waals surface area contributed by atoms with Gasteiger partial charge in [-0.15, -0.1) is 0 Å². The van der Waals surface area contributed by atoms with Gasteiger partial charge in [0, 0.05) is 14.5 Å². The van der Waals surface area contributed by atoms with Gasteiger partial charge in [-0.05, 0) is 52.2 Å². The second kappa shape index (κ2) is 5.92. The third kappa shape index (κ3) is 3.19. The Bertz CT molecular complexity index is 631. The van der Waals surface area contributed by atoms with Crippen LogP contribution in [0.25, 0.3) is 0 Å². The molecule has 0 fully saturated rings. The molecule has 1 atom stereocenters. The van der Waals surface area contributed by atoms with Crippen LogP contribution >= 0.6 is 43.5 Å². The van der Waals surface area contributed by atoms with Crippen LogP contribution in [0.3, 0.4) is 0 Å². The van der Waals surface area contributed by atoms with E-state index in [0.717, 1.165) is 15.6 Å². The standard InChI is InChI=1S/C14H11Br2ClFN/c1-7-2-3-8(10(15)4-7)14(19)9-5-12(17)11(16)6-13(9)18/h2-6,14H,19H2,1H3. The fourth-order valence-electron chi connectivity index (χ4n) is 1.83. The molecule has 2 N–H and O–H groups in total. The van der Waals surface area contributed by atoms with Gasteiger partial charge in [-0.25, -0.2) is 4.39 Å². The van der Waals surface area contributed by atoms with Gasteiger partial charge in [0.05, 0.1) is 11.1 Å². The number of hydrogen-bond donors (Lipinski definition) is 1. The summed E-state index contributed by atoms with van der Waals surface area (Å²) in [4.78, 5) is 0. The Hall–Kier alpha value is -0.420. The Morgan fingerprint density at radius 2 is 1.79 bits per heavy atom. The van der Waals surface area contributed by atoms with Crippen molar-refractivity contribution in [1.29, 1.82) is 0 Å². The summed E-state index contributed by atoms with van der Waals surface area (Å²) in [6, 6.07) is 8.10. The zero-order valence-corrected chi connectivity index (χ0v) is 14.0. The lowest BCUT2D eigenvalue weighted by molar-refractivity contribution is 0.598. The van der Waals surface area contributed by atoms with Crippen molar-refractivity contribution >= 4 is 43.5 Å². The van der Waals surface area contributed by atoms with Crippen LogP contribution in [-0.4, -0.2) is 0 Å². The summed E-state index contributed by atoms with van der Waals surface area (Å²) in [5.41, 5.74) is 8.45. The predicted molar refractivity (Wildman–Crippen MR) is 84.0 cm³/mol. The predicted octanol–water partition coefficient (Wildman–Crippen LogP) is 5.36. The molecule has 0 aliphatic rings. The maximum absolute atomic E-state index is 14.0. The molecule has 0 saturated heterocycles. The third-order valence-corrected chi connectivity index (χ3v) is 4.75. The highest BCUT2D eigenvalue weighted by molar-refractivity contribution is 9.10. The van der Waals surface area contributed by atoms with E-state index >= 15 is 0 Å². The minimum Gasteiger partial charge on any atom is -0.320 e. The smallest absolute Gasteiger partial charge is 0.129 e. The number of benzene rings is 2. The van der Waals surface area contributed by atoms with Gasteiger partial charge in [-0.1, -0.05) is 39.7 Å². The molecule has 1 nitrogen and oxygen atoms in total. The van der Waals surface area contributed by atoms with E-state index in [4.69, 9.17) is 17.3 Å². The molecule has 0 radical (unpaired) electrons. The summed E-state index contributed by atoms with van der Waals surface area (Å²) < 4.78 is 15.4. The lowest BCUT2D eigenvalue weighted by Crippen LogP contribution is -2.14. The van der Waals surface area contributed by atoms with Crippen LogP contribution in [0.4, 0.5) is 4.39 Å². The molecule has 0 spiro atoms. The number of aryl methyl sites for hydroxylation is 1. The molecule has 2 aromatic rings. The fourth-order valence-corrected chi connectivity index (χ4v) is 3.06. The maximum Gasteiger partial charge on any atom is 0.129 e. The second-order valence-corrected chi connectivity index (χ2v) is 6.41. The minimum atomic E-state index is -0.569. The van der Waals surface area contributed by atoms with Crippen LogP contribution in [0.5, 0.6) is 0 Å². The molecule has 0 amide bonds. The Balaban J connectivity index is 2.49. The molecule has 5 heteroatoms. The van der Waals surface area contributed by atoms with E-state index in [2.05, 4.69) is 31.9 Å². The molecule has 2 aromatic carbocycles. The largest absolute Gasteiger partial charge is 0.320 e. The van der Waals surface area contributed by atoms with Crippen molar-refractivity contribution < 1.29 is 4.39 Å². The lowest BCUT2D eigenvalue weighted by atomic mass is 9.98. The first-order chi connectivity index (χ1) is 8.90. The first-order valence-corrected chi connectivity index (χ1v) is 7.52. The number of hydrogen-bond acceptors (Lipinski definition) is 1. The van der Waals surface area contributed by atoms with Crippen LogP contribution < -0.4 is 5.73 Å². The molecule has 2 rings (SSSR count). The van der Waals surface area contributed by atoms with Crippen molar-refractivity contribution in [3.63, 3.8) is 0 Å². The summed E-state index contributed by atoms with van der Waals surface area (Å²) >= 11 is 12.6. The highest BCUT2D eigenvalue weighted by Gasteiger charge is 2.18. The molecule has 0 saturated carbocycles. The molecule has 100 valence electrons. The molecular formula is C14H11Br2ClFN. The fraction of sp³-hybridized carbons (Fsp3) is 0.143. The van der Waals surface area contributed by atoms with Crippen LogP contribution in [0, 0.1) is 12.7 Å². The van der Waals surface area contributed by atoms with Crippen LogP contribution in [0.15, 0.2) is 39.3 Å². The van der Waals surface area contributed by atoms with Gasteiger partial charge in [-0.2, -0.15) is 0 Å². The lowest BCUT2D eigenvalue weighted by Gasteiger charge is -2.16. The maximum atomic E-state index is 14.0. The van der Waals surface area contributed by atoms with E-state index < -0.39 is 6.04 Å². The minimum absolute atomic E-state index is 0.373. The summed E-state index contributed by atoms with van der Waals surface area (Å²) in [6.45, 7) is 1.98. The number of nitrogens with two attached hydrogens (primary N) is 1. The van der Waals surface area contributed by atoms with Gasteiger partial charge in [0.2, 0.25) is 0 Å². The van der Waals surface area contributed by atoms with Gasteiger partial charge in [0.25, 0.3) is 0 Å². The molecular weight excluding hydrogens is 396 g/mol. The molecule has 0 bridgehead atoms. The van der Waals surface area contributed by atoms with Crippen LogP contribution in [-0.2, 0) is 0 Å². The van der Waals surface area contributed by atoms with Gasteiger partial charge in [0.15, 0.2) is 0 Å². The Labute approximate surface area is 133 Å². The SMILES string of the molecule is Cc1ccc(C(N)c2cc(Cl)c(Br)cc2F)c(Br)c1. The summed E-state index contributed by atoms with van der Waals surface area (Å²) in [7, 11) is 0.